The predicted octanol–water partition coefficient (Wildman–Crippen LogP) is 5.14. The molecule has 1 aliphatic heterocycles. The smallest absolute Gasteiger partial charge is 0.341 e. The number of rotatable bonds is 12. The number of carbonyl (C=O) groups is 2. The second-order valence-electron chi connectivity index (χ2n) is 9.60. The van der Waals surface area contributed by atoms with Gasteiger partial charge in [-0.1, -0.05) is 26.7 Å². The maximum atomic E-state index is 13.2. The van der Waals surface area contributed by atoms with Gasteiger partial charge in [-0.05, 0) is 62.9 Å². The van der Waals surface area contributed by atoms with Crippen molar-refractivity contribution in [3.63, 3.8) is 0 Å². The van der Waals surface area contributed by atoms with Gasteiger partial charge >= 0.3 is 5.97 Å². The minimum absolute atomic E-state index is 0.173. The van der Waals surface area contributed by atoms with Crippen molar-refractivity contribution in [2.24, 2.45) is 0 Å². The number of unbranched alkanes of at least 4 members (excludes halogenated alkanes) is 2. The van der Waals surface area contributed by atoms with Gasteiger partial charge in [0.1, 0.15) is 5.00 Å². The Labute approximate surface area is 225 Å². The lowest BCUT2D eigenvalue weighted by Gasteiger charge is -2.30. The maximum Gasteiger partial charge on any atom is 0.341 e. The zero-order valence-corrected chi connectivity index (χ0v) is 24.1. The first-order valence-corrected chi connectivity index (χ1v) is 15.3. The highest BCUT2D eigenvalue weighted by Gasteiger charge is 2.30. The number of carbonyl (C=O) groups excluding carboxylic acids is 2. The summed E-state index contributed by atoms with van der Waals surface area (Å²) in [7, 11) is -2.31. The van der Waals surface area contributed by atoms with E-state index in [9.17, 15) is 18.0 Å². The van der Waals surface area contributed by atoms with Crippen molar-refractivity contribution < 1.29 is 22.7 Å². The summed E-state index contributed by atoms with van der Waals surface area (Å²) in [6.07, 6.45) is 4.12. The first-order chi connectivity index (χ1) is 17.6. The largest absolute Gasteiger partial charge is 0.465 e. The SMILES string of the molecule is CCCCN(CCCC)S(=O)(=O)c1ccc(C(=O)Nc2sc3c(c2C(=O)OC)CCN(C(C)C)C3)cc1. The molecule has 2 aromatic rings. The van der Waals surface area contributed by atoms with E-state index in [-0.39, 0.29) is 4.90 Å². The molecule has 0 saturated heterocycles. The summed E-state index contributed by atoms with van der Waals surface area (Å²) in [6, 6.07) is 6.38. The van der Waals surface area contributed by atoms with E-state index in [0.29, 0.717) is 41.7 Å². The summed E-state index contributed by atoms with van der Waals surface area (Å²) in [6.45, 7) is 10.9. The third-order valence-corrected chi connectivity index (χ3v) is 9.75. The van der Waals surface area contributed by atoms with Crippen molar-refractivity contribution in [3.05, 3.63) is 45.8 Å². The molecule has 1 aliphatic rings. The number of benzene rings is 1. The third-order valence-electron chi connectivity index (χ3n) is 6.71. The first kappa shape index (κ1) is 29.3. The molecule has 0 radical (unpaired) electrons. The topological polar surface area (TPSA) is 96.0 Å². The van der Waals surface area contributed by atoms with E-state index in [1.807, 2.05) is 13.8 Å². The standard InChI is InChI=1S/C27H39N3O5S2/c1-6-8-15-30(16-9-7-2)37(33,34)21-12-10-20(11-13-21)25(31)28-26-24(27(32)35-5)22-14-17-29(19(3)4)18-23(22)36-26/h10-13,19H,6-9,14-18H2,1-5H3,(H,28,31). The van der Waals surface area contributed by atoms with Crippen molar-refractivity contribution in [1.29, 1.82) is 0 Å². The molecule has 3 rings (SSSR count). The Bertz CT molecular complexity index is 1180. The number of anilines is 1. The van der Waals surface area contributed by atoms with Gasteiger partial charge in [-0.3, -0.25) is 9.69 Å². The first-order valence-electron chi connectivity index (χ1n) is 13.0. The lowest BCUT2D eigenvalue weighted by molar-refractivity contribution is 0.0600. The van der Waals surface area contributed by atoms with E-state index >= 15 is 0 Å². The number of sulfonamides is 1. The van der Waals surface area contributed by atoms with Crippen molar-refractivity contribution in [3.8, 4) is 0 Å². The zero-order valence-electron chi connectivity index (χ0n) is 22.5. The Morgan fingerprint density at radius 2 is 1.73 bits per heavy atom. The summed E-state index contributed by atoms with van der Waals surface area (Å²) in [5.41, 5.74) is 1.67. The van der Waals surface area contributed by atoms with E-state index in [4.69, 9.17) is 4.74 Å². The van der Waals surface area contributed by atoms with Gasteiger partial charge in [-0.2, -0.15) is 4.31 Å². The van der Waals surface area contributed by atoms with Crippen molar-refractivity contribution in [2.45, 2.75) is 77.3 Å². The molecule has 1 aromatic carbocycles. The number of hydrogen-bond donors (Lipinski definition) is 1. The van der Waals surface area contributed by atoms with Crippen LogP contribution in [0.15, 0.2) is 29.2 Å². The second-order valence-corrected chi connectivity index (χ2v) is 12.6. The summed E-state index contributed by atoms with van der Waals surface area (Å²) in [5, 5.41) is 3.35. The van der Waals surface area contributed by atoms with E-state index in [2.05, 4.69) is 24.1 Å². The molecule has 0 bridgehead atoms. The highest BCUT2D eigenvalue weighted by molar-refractivity contribution is 7.89. The Morgan fingerprint density at radius 1 is 1.11 bits per heavy atom. The second kappa shape index (κ2) is 13.0. The van der Waals surface area contributed by atoms with Crippen molar-refractivity contribution >= 4 is 38.2 Å². The fraction of sp³-hybridized carbons (Fsp3) is 0.556. The van der Waals surface area contributed by atoms with Crippen LogP contribution in [-0.4, -0.2) is 62.3 Å². The normalized spacial score (nSPS) is 14.1. The fourth-order valence-corrected chi connectivity index (χ4v) is 7.17. The van der Waals surface area contributed by atoms with Crippen LogP contribution in [0.5, 0.6) is 0 Å². The Kier molecular flexibility index (Phi) is 10.3. The molecule has 1 amide bonds. The number of methoxy groups -OCH3 is 1. The third kappa shape index (κ3) is 6.79. The summed E-state index contributed by atoms with van der Waals surface area (Å²) in [5.74, 6) is -0.867. The zero-order chi connectivity index (χ0) is 27.2. The van der Waals surface area contributed by atoms with Gasteiger partial charge in [0, 0.05) is 42.7 Å². The number of hydrogen-bond acceptors (Lipinski definition) is 7. The van der Waals surface area contributed by atoms with Crippen LogP contribution in [0.3, 0.4) is 0 Å². The highest BCUT2D eigenvalue weighted by atomic mass is 32.2. The van der Waals surface area contributed by atoms with Crippen LogP contribution in [0.1, 0.15) is 84.5 Å². The molecule has 2 heterocycles. The number of esters is 1. The number of nitrogens with zero attached hydrogens (tertiary/aromatic N) is 2. The van der Waals surface area contributed by atoms with Crippen LogP contribution in [0, 0.1) is 0 Å². The molecule has 204 valence electrons. The molecule has 1 N–H and O–H groups in total. The van der Waals surface area contributed by atoms with E-state index in [1.165, 1.54) is 47.0 Å². The van der Waals surface area contributed by atoms with Crippen molar-refractivity contribution in [2.75, 3.05) is 32.1 Å². The number of fused-ring (bicyclic) bond motifs is 1. The molecule has 8 nitrogen and oxygen atoms in total. The fourth-order valence-electron chi connectivity index (χ4n) is 4.39. The van der Waals surface area contributed by atoms with Gasteiger partial charge in [0.2, 0.25) is 10.0 Å². The molecular weight excluding hydrogens is 510 g/mol. The van der Waals surface area contributed by atoms with Gasteiger partial charge in [0.15, 0.2) is 0 Å². The lowest BCUT2D eigenvalue weighted by atomic mass is 10.0. The van der Waals surface area contributed by atoms with Gasteiger partial charge in [-0.15, -0.1) is 11.3 Å². The Balaban J connectivity index is 1.82. The maximum absolute atomic E-state index is 13.2. The molecule has 10 heteroatoms. The quantitative estimate of drug-likeness (QED) is 0.368. The van der Waals surface area contributed by atoms with Gasteiger partial charge in [0.05, 0.1) is 17.6 Å². The van der Waals surface area contributed by atoms with Crippen LogP contribution in [0.25, 0.3) is 0 Å². The van der Waals surface area contributed by atoms with E-state index in [1.54, 1.807) is 0 Å². The van der Waals surface area contributed by atoms with Gasteiger partial charge < -0.3 is 10.1 Å². The highest BCUT2D eigenvalue weighted by Crippen LogP contribution is 2.38. The van der Waals surface area contributed by atoms with E-state index in [0.717, 1.165) is 49.2 Å². The predicted molar refractivity (Wildman–Crippen MR) is 148 cm³/mol. The molecule has 0 saturated carbocycles. The van der Waals surface area contributed by atoms with Crippen LogP contribution in [-0.2, 0) is 27.7 Å². The molecule has 0 spiro atoms. The van der Waals surface area contributed by atoms with Crippen LogP contribution >= 0.6 is 11.3 Å². The average molecular weight is 550 g/mol. The number of ether oxygens (including phenoxy) is 1. The number of thiophene rings is 1. The van der Waals surface area contributed by atoms with Crippen molar-refractivity contribution in [1.82, 2.24) is 9.21 Å². The summed E-state index contributed by atoms with van der Waals surface area (Å²) in [4.78, 5) is 29.3. The van der Waals surface area contributed by atoms with Gasteiger partial charge in [-0.25, -0.2) is 13.2 Å². The Hall–Kier alpha value is -2.27. The minimum atomic E-state index is -3.64. The molecule has 1 aromatic heterocycles. The molecule has 0 atom stereocenters. The Morgan fingerprint density at radius 3 is 2.27 bits per heavy atom. The summed E-state index contributed by atoms with van der Waals surface area (Å²) < 4.78 is 33.0. The summed E-state index contributed by atoms with van der Waals surface area (Å²) >= 11 is 1.40. The molecular formula is C27H39N3O5S2. The van der Waals surface area contributed by atoms with Crippen LogP contribution < -0.4 is 5.32 Å². The monoisotopic (exact) mass is 549 g/mol. The molecule has 0 fully saturated rings. The van der Waals surface area contributed by atoms with E-state index < -0.39 is 21.9 Å². The molecule has 0 aliphatic carbocycles. The molecule has 0 unspecified atom stereocenters. The lowest BCUT2D eigenvalue weighted by Crippen LogP contribution is -2.35. The van der Waals surface area contributed by atoms with Crippen LogP contribution in [0.4, 0.5) is 5.00 Å². The van der Waals surface area contributed by atoms with Crippen LogP contribution in [0.2, 0.25) is 0 Å². The number of nitrogens with one attached hydrogen (secondary N) is 1. The number of amides is 1. The minimum Gasteiger partial charge on any atom is -0.465 e. The van der Waals surface area contributed by atoms with Gasteiger partial charge in [0.25, 0.3) is 5.91 Å². The average Bonchev–Trinajstić information content (AvgIpc) is 3.25. The molecule has 37 heavy (non-hydrogen) atoms.